The van der Waals surface area contributed by atoms with Gasteiger partial charge in [-0.25, -0.2) is 0 Å². The van der Waals surface area contributed by atoms with Crippen LogP contribution in [0.1, 0.15) is 0 Å². The van der Waals surface area contributed by atoms with E-state index in [1.165, 1.54) is 0 Å². The first-order valence-electron chi connectivity index (χ1n) is 1.71. The van der Waals surface area contributed by atoms with Crippen molar-refractivity contribution in [2.75, 3.05) is 13.2 Å². The molecular weight excluding hydrogens is 210 g/mol. The zero-order valence-corrected chi connectivity index (χ0v) is 7.16. The van der Waals surface area contributed by atoms with Crippen LogP contribution in [0, 0.1) is 0 Å². The van der Waals surface area contributed by atoms with Gasteiger partial charge in [0.1, 0.15) is 6.10 Å². The Bertz CT molecular complexity index is 36.2. The topological polar surface area (TPSA) is 60.7 Å². The van der Waals surface area contributed by atoms with E-state index in [2.05, 4.69) is 0 Å². The Hall–Kier alpha value is 0.979. The molecule has 0 bridgehead atoms. The normalized spacial score (nSPS) is 6.67. The van der Waals surface area contributed by atoms with E-state index in [1.807, 2.05) is 0 Å². The maximum atomic E-state index is 8.17. The van der Waals surface area contributed by atoms with Crippen molar-refractivity contribution in [2.24, 2.45) is 0 Å². The molecule has 0 saturated carbocycles. The minimum absolute atomic E-state index is 0. The largest absolute Gasteiger partial charge is 2.00 e. The van der Waals surface area contributed by atoms with Gasteiger partial charge in [0.15, 0.2) is 0 Å². The van der Waals surface area contributed by atoms with Crippen molar-refractivity contribution in [1.29, 1.82) is 0 Å². The fourth-order valence-corrected chi connectivity index (χ4v) is 0.0577. The van der Waals surface area contributed by atoms with Crippen molar-refractivity contribution < 1.29 is 57.2 Å². The third-order valence-electron chi connectivity index (χ3n) is 0.421. The first-order valence-corrected chi connectivity index (χ1v) is 1.71. The van der Waals surface area contributed by atoms with Crippen molar-refractivity contribution in [1.82, 2.24) is 0 Å². The number of aliphatic hydroxyl groups excluding tert-OH is 3. The van der Waals surface area contributed by atoms with Crippen LogP contribution in [-0.4, -0.2) is 34.6 Å². The number of hydrogen-bond donors (Lipinski definition) is 3. The van der Waals surface area contributed by atoms with E-state index in [0.717, 1.165) is 0 Å². The smallest absolute Gasteiger partial charge is 1.00 e. The molecule has 3 N–H and O–H groups in total. The SMILES string of the molecule is OCC(O)CO.[Cl-].[Cl-].[Mn+2]. The Morgan fingerprint density at radius 2 is 1.22 bits per heavy atom. The number of hydrogen-bond acceptors (Lipinski definition) is 3. The fourth-order valence-electron chi connectivity index (χ4n) is 0.0577. The predicted octanol–water partition coefficient (Wildman–Crippen LogP) is -7.66. The van der Waals surface area contributed by atoms with Gasteiger partial charge in [0, 0.05) is 0 Å². The second-order valence-electron chi connectivity index (χ2n) is 1.02. The molecular formula is C3H8Cl2MnO3. The Kier molecular flexibility index (Phi) is 40.0. The standard InChI is InChI=1S/C3H8O3.2ClH.Mn/c4-1-3(6)2-5;;;/h3-6H,1-2H2;2*1H;/q;;;+2/p-2. The minimum Gasteiger partial charge on any atom is -1.00 e. The summed E-state index contributed by atoms with van der Waals surface area (Å²) < 4.78 is 0. The molecule has 0 aliphatic rings. The molecule has 9 heavy (non-hydrogen) atoms. The van der Waals surface area contributed by atoms with Gasteiger partial charge >= 0.3 is 17.1 Å². The Morgan fingerprint density at radius 3 is 1.22 bits per heavy atom. The molecule has 0 aliphatic heterocycles. The zero-order chi connectivity index (χ0) is 4.99. The van der Waals surface area contributed by atoms with Gasteiger partial charge in [0.25, 0.3) is 0 Å². The van der Waals surface area contributed by atoms with Crippen LogP contribution in [-0.2, 0) is 17.1 Å². The van der Waals surface area contributed by atoms with Crippen molar-refractivity contribution in [3.8, 4) is 0 Å². The zero-order valence-electron chi connectivity index (χ0n) is 4.47. The van der Waals surface area contributed by atoms with Crippen LogP contribution in [0.15, 0.2) is 0 Å². The van der Waals surface area contributed by atoms with Gasteiger partial charge in [-0.2, -0.15) is 0 Å². The Labute approximate surface area is 76.8 Å². The first-order chi connectivity index (χ1) is 2.81. The molecule has 59 valence electrons. The molecule has 3 nitrogen and oxygen atoms in total. The van der Waals surface area contributed by atoms with Gasteiger partial charge in [-0.1, -0.05) is 0 Å². The van der Waals surface area contributed by atoms with Crippen LogP contribution in [0.2, 0.25) is 0 Å². The fraction of sp³-hybridized carbons (Fsp3) is 1.00. The predicted molar refractivity (Wildman–Crippen MR) is 20.2 cm³/mol. The number of halogens is 2. The molecule has 6 heteroatoms. The molecule has 0 spiro atoms. The van der Waals surface area contributed by atoms with Crippen molar-refractivity contribution in [3.05, 3.63) is 0 Å². The number of rotatable bonds is 2. The average Bonchev–Trinajstić information content (AvgIpc) is 1.65. The molecule has 0 amide bonds. The molecule has 1 radical (unpaired) electrons. The van der Waals surface area contributed by atoms with E-state index in [1.54, 1.807) is 0 Å². The summed E-state index contributed by atoms with van der Waals surface area (Å²) in [5.74, 6) is 0. The van der Waals surface area contributed by atoms with Gasteiger partial charge in [-0.3, -0.25) is 0 Å². The molecule has 0 aromatic rings. The van der Waals surface area contributed by atoms with Crippen LogP contribution in [0.5, 0.6) is 0 Å². The van der Waals surface area contributed by atoms with E-state index < -0.39 is 6.10 Å². The van der Waals surface area contributed by atoms with Gasteiger partial charge in [0.05, 0.1) is 13.2 Å². The third-order valence-corrected chi connectivity index (χ3v) is 0.421. The maximum Gasteiger partial charge on any atom is 2.00 e. The summed E-state index contributed by atoms with van der Waals surface area (Å²) in [5, 5.41) is 24.0. The molecule has 0 rings (SSSR count). The van der Waals surface area contributed by atoms with Gasteiger partial charge in [0.2, 0.25) is 0 Å². The summed E-state index contributed by atoms with van der Waals surface area (Å²) in [4.78, 5) is 0. The van der Waals surface area contributed by atoms with E-state index in [4.69, 9.17) is 15.3 Å². The maximum absolute atomic E-state index is 8.17. The van der Waals surface area contributed by atoms with E-state index in [9.17, 15) is 0 Å². The molecule has 0 aliphatic carbocycles. The summed E-state index contributed by atoms with van der Waals surface area (Å²) in [7, 11) is 0. The molecule has 0 atom stereocenters. The Morgan fingerprint density at radius 1 is 1.00 bits per heavy atom. The van der Waals surface area contributed by atoms with Gasteiger partial charge in [-0.05, 0) is 0 Å². The van der Waals surface area contributed by atoms with Crippen LogP contribution >= 0.6 is 0 Å². The summed E-state index contributed by atoms with van der Waals surface area (Å²) in [6.07, 6.45) is -0.954. The second-order valence-corrected chi connectivity index (χ2v) is 1.02. The van der Waals surface area contributed by atoms with Crippen LogP contribution in [0.25, 0.3) is 0 Å². The van der Waals surface area contributed by atoms with E-state index >= 15 is 0 Å². The summed E-state index contributed by atoms with van der Waals surface area (Å²) in [6, 6.07) is 0. The monoisotopic (exact) mass is 217 g/mol. The Balaban J connectivity index is -0.0000000417. The van der Waals surface area contributed by atoms with E-state index in [-0.39, 0.29) is 55.1 Å². The quantitative estimate of drug-likeness (QED) is 0.403. The van der Waals surface area contributed by atoms with Gasteiger partial charge in [-0.15, -0.1) is 0 Å². The molecule has 0 unspecified atom stereocenters. The van der Waals surface area contributed by atoms with E-state index in [0.29, 0.717) is 0 Å². The van der Waals surface area contributed by atoms with Crippen molar-refractivity contribution in [2.45, 2.75) is 6.10 Å². The average molecular weight is 218 g/mol. The van der Waals surface area contributed by atoms with Gasteiger partial charge < -0.3 is 40.1 Å². The molecule has 0 saturated heterocycles. The third kappa shape index (κ3) is 17.6. The summed E-state index contributed by atoms with van der Waals surface area (Å²) >= 11 is 0. The summed E-state index contributed by atoms with van der Waals surface area (Å²) in [6.45, 7) is -0.729. The molecule has 0 heterocycles. The summed E-state index contributed by atoms with van der Waals surface area (Å²) in [5.41, 5.74) is 0. The molecule has 0 aromatic carbocycles. The van der Waals surface area contributed by atoms with Crippen molar-refractivity contribution >= 4 is 0 Å². The van der Waals surface area contributed by atoms with Crippen LogP contribution < -0.4 is 24.8 Å². The molecule has 0 aromatic heterocycles. The number of aliphatic hydroxyl groups is 3. The van der Waals surface area contributed by atoms with Crippen molar-refractivity contribution in [3.63, 3.8) is 0 Å². The second kappa shape index (κ2) is 16.0. The minimum atomic E-state index is -0.954. The first kappa shape index (κ1) is 22.5. The molecule has 0 fully saturated rings. The van der Waals surface area contributed by atoms with Crippen LogP contribution in [0.4, 0.5) is 0 Å². The van der Waals surface area contributed by atoms with Crippen LogP contribution in [0.3, 0.4) is 0 Å².